The molecule has 1 heterocycles. The molecule has 0 amide bonds. The average molecular weight is 338 g/mol. The molecule has 1 aromatic heterocycles. The van der Waals surface area contributed by atoms with E-state index in [4.69, 9.17) is 10.2 Å². The summed E-state index contributed by atoms with van der Waals surface area (Å²) in [6.45, 7) is 5.15. The van der Waals surface area contributed by atoms with E-state index < -0.39 is 0 Å². The van der Waals surface area contributed by atoms with Crippen molar-refractivity contribution in [1.29, 1.82) is 0 Å². The van der Waals surface area contributed by atoms with Crippen molar-refractivity contribution in [3.63, 3.8) is 0 Å². The molecule has 1 unspecified atom stereocenters. The summed E-state index contributed by atoms with van der Waals surface area (Å²) in [7, 11) is 0. The Morgan fingerprint density at radius 1 is 0.880 bits per heavy atom. The van der Waals surface area contributed by atoms with E-state index in [1.54, 1.807) is 0 Å². The number of nitrogens with two attached hydrogens (primary N) is 1. The summed E-state index contributed by atoms with van der Waals surface area (Å²) in [4.78, 5) is 0. The minimum atomic E-state index is 0.597. The molecule has 3 rings (SSSR count). The predicted molar refractivity (Wildman–Crippen MR) is 108 cm³/mol. The molecule has 2 N–H and O–H groups in total. The maximum atomic E-state index is 6.15. The van der Waals surface area contributed by atoms with E-state index >= 15 is 0 Å². The second kappa shape index (κ2) is 8.53. The van der Waals surface area contributed by atoms with Gasteiger partial charge in [-0.25, -0.2) is 0 Å². The van der Waals surface area contributed by atoms with Crippen LogP contribution in [0.3, 0.4) is 0 Å². The zero-order valence-corrected chi connectivity index (χ0v) is 15.7. The Morgan fingerprint density at radius 3 is 2.36 bits per heavy atom. The first kappa shape index (κ1) is 18.0. The maximum Gasteiger partial charge on any atom is 0.135 e. The lowest BCUT2D eigenvalue weighted by Crippen LogP contribution is -2.05. The highest BCUT2D eigenvalue weighted by molar-refractivity contribution is 6.05. The monoisotopic (exact) mass is 337 g/mol. The molecule has 2 aromatic carbocycles. The first-order chi connectivity index (χ1) is 12.2. The van der Waals surface area contributed by atoms with Crippen molar-refractivity contribution >= 4 is 21.9 Å². The van der Waals surface area contributed by atoms with Crippen LogP contribution in [0.2, 0.25) is 0 Å². The van der Waals surface area contributed by atoms with Gasteiger partial charge in [-0.1, -0.05) is 56.9 Å². The van der Waals surface area contributed by atoms with Crippen LogP contribution in [-0.2, 0) is 0 Å². The van der Waals surface area contributed by atoms with Gasteiger partial charge in [0.15, 0.2) is 0 Å². The van der Waals surface area contributed by atoms with Crippen LogP contribution < -0.4 is 5.73 Å². The molecule has 0 aliphatic rings. The molecule has 0 spiro atoms. The first-order valence-corrected chi connectivity index (χ1v) is 9.85. The van der Waals surface area contributed by atoms with Crippen molar-refractivity contribution < 1.29 is 4.42 Å². The Kier molecular flexibility index (Phi) is 6.14. The number of benzene rings is 2. The summed E-state index contributed by atoms with van der Waals surface area (Å²) >= 11 is 0. The van der Waals surface area contributed by atoms with Gasteiger partial charge >= 0.3 is 0 Å². The number of unbranched alkanes of at least 4 members (excludes halogenated alkanes) is 3. The van der Waals surface area contributed by atoms with Crippen molar-refractivity contribution in [2.24, 2.45) is 5.73 Å². The van der Waals surface area contributed by atoms with Crippen LogP contribution in [0.15, 0.2) is 40.8 Å². The zero-order chi connectivity index (χ0) is 17.6. The number of rotatable bonds is 9. The third-order valence-electron chi connectivity index (χ3n) is 5.29. The molecule has 0 aliphatic heterocycles. The minimum Gasteiger partial charge on any atom is -0.456 e. The third-order valence-corrected chi connectivity index (χ3v) is 5.29. The van der Waals surface area contributed by atoms with E-state index in [0.29, 0.717) is 5.92 Å². The lowest BCUT2D eigenvalue weighted by atomic mass is 9.88. The van der Waals surface area contributed by atoms with Gasteiger partial charge in [0.2, 0.25) is 0 Å². The summed E-state index contributed by atoms with van der Waals surface area (Å²) in [6.07, 6.45) is 8.79. The van der Waals surface area contributed by atoms with Crippen LogP contribution in [0.1, 0.15) is 68.9 Å². The van der Waals surface area contributed by atoms with Crippen molar-refractivity contribution in [2.75, 3.05) is 6.54 Å². The van der Waals surface area contributed by atoms with E-state index in [0.717, 1.165) is 24.1 Å². The van der Waals surface area contributed by atoms with Crippen LogP contribution in [0.4, 0.5) is 0 Å². The molecule has 0 fully saturated rings. The van der Waals surface area contributed by atoms with E-state index in [-0.39, 0.29) is 0 Å². The van der Waals surface area contributed by atoms with Gasteiger partial charge in [-0.3, -0.25) is 0 Å². The number of aryl methyl sites for hydroxylation is 1. The van der Waals surface area contributed by atoms with Gasteiger partial charge < -0.3 is 10.2 Å². The van der Waals surface area contributed by atoms with Crippen molar-refractivity contribution in [1.82, 2.24) is 0 Å². The van der Waals surface area contributed by atoms with Gasteiger partial charge in [0.1, 0.15) is 11.2 Å². The van der Waals surface area contributed by atoms with Crippen LogP contribution in [0.5, 0.6) is 0 Å². The second-order valence-electron chi connectivity index (χ2n) is 7.33. The second-order valence-corrected chi connectivity index (χ2v) is 7.33. The fourth-order valence-corrected chi connectivity index (χ4v) is 3.81. The molecular formula is C23H31NO. The Balaban J connectivity index is 1.86. The highest BCUT2D eigenvalue weighted by Gasteiger charge is 2.14. The highest BCUT2D eigenvalue weighted by Crippen LogP contribution is 2.34. The number of hydrogen-bond acceptors (Lipinski definition) is 2. The molecule has 0 saturated heterocycles. The molecule has 25 heavy (non-hydrogen) atoms. The van der Waals surface area contributed by atoms with E-state index in [2.05, 4.69) is 50.2 Å². The number of hydrogen-bond donors (Lipinski definition) is 1. The van der Waals surface area contributed by atoms with Crippen LogP contribution >= 0.6 is 0 Å². The van der Waals surface area contributed by atoms with Gasteiger partial charge in [-0.05, 0) is 61.9 Å². The Labute approximate surface area is 151 Å². The van der Waals surface area contributed by atoms with Crippen LogP contribution in [0.25, 0.3) is 21.9 Å². The Hall–Kier alpha value is -1.80. The summed E-state index contributed by atoms with van der Waals surface area (Å²) < 4.78 is 6.15. The minimum absolute atomic E-state index is 0.597. The van der Waals surface area contributed by atoms with Crippen molar-refractivity contribution in [2.45, 2.75) is 64.7 Å². The zero-order valence-electron chi connectivity index (χ0n) is 15.7. The first-order valence-electron chi connectivity index (χ1n) is 9.85. The normalized spacial score (nSPS) is 12.9. The Morgan fingerprint density at radius 2 is 1.60 bits per heavy atom. The number of fused-ring (bicyclic) bond motifs is 3. The van der Waals surface area contributed by atoms with E-state index in [9.17, 15) is 0 Å². The van der Waals surface area contributed by atoms with Crippen molar-refractivity contribution in [3.8, 4) is 0 Å². The molecular weight excluding hydrogens is 306 g/mol. The van der Waals surface area contributed by atoms with Gasteiger partial charge in [0.05, 0.1) is 0 Å². The molecule has 1 atom stereocenters. The molecule has 2 heteroatoms. The Bertz CT molecular complexity index is 817. The van der Waals surface area contributed by atoms with Crippen LogP contribution in [-0.4, -0.2) is 6.54 Å². The molecule has 0 saturated carbocycles. The average Bonchev–Trinajstić information content (AvgIpc) is 2.97. The molecule has 2 nitrogen and oxygen atoms in total. The SMILES string of the molecule is CCCCCCC(CCCN)c1ccc2c(c1)oc1cc(C)ccc12. The molecule has 3 aromatic rings. The maximum absolute atomic E-state index is 6.15. The van der Waals surface area contributed by atoms with Gasteiger partial charge in [-0.15, -0.1) is 0 Å². The highest BCUT2D eigenvalue weighted by atomic mass is 16.3. The lowest BCUT2D eigenvalue weighted by molar-refractivity contribution is 0.514. The molecule has 0 radical (unpaired) electrons. The van der Waals surface area contributed by atoms with Crippen molar-refractivity contribution in [3.05, 3.63) is 47.5 Å². The fraction of sp³-hybridized carbons (Fsp3) is 0.478. The fourth-order valence-electron chi connectivity index (χ4n) is 3.81. The van der Waals surface area contributed by atoms with Gasteiger partial charge in [0.25, 0.3) is 0 Å². The summed E-state index contributed by atoms with van der Waals surface area (Å²) in [5, 5.41) is 2.44. The quantitative estimate of drug-likeness (QED) is 0.442. The van der Waals surface area contributed by atoms with E-state index in [1.807, 2.05) is 0 Å². The number of furan rings is 1. The summed E-state index contributed by atoms with van der Waals surface area (Å²) in [5.74, 6) is 0.597. The smallest absolute Gasteiger partial charge is 0.135 e. The standard InChI is InChI=1S/C23H31NO/c1-3-4-5-6-8-18(9-7-14-24)19-11-13-21-20-12-10-17(2)15-22(20)25-23(21)16-19/h10-13,15-16,18H,3-9,14,24H2,1-2H3. The topological polar surface area (TPSA) is 39.2 Å². The van der Waals surface area contributed by atoms with E-state index in [1.165, 1.54) is 60.4 Å². The van der Waals surface area contributed by atoms with Gasteiger partial charge in [-0.2, -0.15) is 0 Å². The summed E-state index contributed by atoms with van der Waals surface area (Å²) in [5.41, 5.74) is 10.4. The van der Waals surface area contributed by atoms with Gasteiger partial charge in [0, 0.05) is 10.8 Å². The molecule has 0 bridgehead atoms. The van der Waals surface area contributed by atoms with Crippen LogP contribution in [0, 0.1) is 6.92 Å². The molecule has 134 valence electrons. The largest absolute Gasteiger partial charge is 0.456 e. The third kappa shape index (κ3) is 4.24. The lowest BCUT2D eigenvalue weighted by Gasteiger charge is -2.17. The molecule has 0 aliphatic carbocycles. The summed E-state index contributed by atoms with van der Waals surface area (Å²) in [6, 6.07) is 13.3. The predicted octanol–water partition coefficient (Wildman–Crippen LogP) is 6.69.